The lowest BCUT2D eigenvalue weighted by Gasteiger charge is -2.20. The summed E-state index contributed by atoms with van der Waals surface area (Å²) in [6.07, 6.45) is 0. The lowest BCUT2D eigenvalue weighted by atomic mass is 10.1. The van der Waals surface area contributed by atoms with Gasteiger partial charge in [0.15, 0.2) is 0 Å². The van der Waals surface area contributed by atoms with Crippen molar-refractivity contribution < 1.29 is 13.5 Å². The Morgan fingerprint density at radius 1 is 1.05 bits per heavy atom. The molecule has 0 radical (unpaired) electrons. The minimum atomic E-state index is -3.46. The molecule has 0 amide bonds. The van der Waals surface area contributed by atoms with E-state index in [-0.39, 0.29) is 12.4 Å². The molecule has 1 N–H and O–H groups in total. The highest BCUT2D eigenvalue weighted by atomic mass is 32.2. The van der Waals surface area contributed by atoms with E-state index in [9.17, 15) is 8.42 Å². The molecule has 0 fully saturated rings. The van der Waals surface area contributed by atoms with E-state index in [0.717, 1.165) is 5.56 Å². The van der Waals surface area contributed by atoms with Crippen molar-refractivity contribution in [1.29, 1.82) is 0 Å². The van der Waals surface area contributed by atoms with Crippen LogP contribution in [0, 0.1) is 6.92 Å². The maximum absolute atomic E-state index is 12.5. The van der Waals surface area contributed by atoms with Gasteiger partial charge in [0.2, 0.25) is 10.0 Å². The van der Waals surface area contributed by atoms with Gasteiger partial charge in [-0.05, 0) is 35.7 Å². The summed E-state index contributed by atoms with van der Waals surface area (Å²) in [5.74, 6) is -0.0920. The summed E-state index contributed by atoms with van der Waals surface area (Å²) < 4.78 is 26.2. The topological polar surface area (TPSA) is 57.6 Å². The highest BCUT2D eigenvalue weighted by Crippen LogP contribution is 2.20. The summed E-state index contributed by atoms with van der Waals surface area (Å²) in [7, 11) is -1.90. The predicted octanol–water partition coefficient (Wildman–Crippen LogP) is 2.45. The van der Waals surface area contributed by atoms with E-state index >= 15 is 0 Å². The van der Waals surface area contributed by atoms with Crippen LogP contribution in [0.3, 0.4) is 0 Å². The molecule has 2 aromatic rings. The van der Waals surface area contributed by atoms with E-state index in [4.69, 9.17) is 5.11 Å². The zero-order chi connectivity index (χ0) is 15.5. The third-order valence-corrected chi connectivity index (χ3v) is 5.05. The van der Waals surface area contributed by atoms with Crippen LogP contribution in [0.2, 0.25) is 0 Å². The van der Waals surface area contributed by atoms with Crippen molar-refractivity contribution in [2.75, 3.05) is 11.4 Å². The van der Waals surface area contributed by atoms with Gasteiger partial charge in [0.05, 0.1) is 18.0 Å². The van der Waals surface area contributed by atoms with Gasteiger partial charge in [-0.1, -0.05) is 36.4 Å². The second kappa shape index (κ2) is 6.28. The summed E-state index contributed by atoms with van der Waals surface area (Å²) in [4.78, 5) is 0. The maximum Gasteiger partial charge on any atom is 0.239 e. The third-order valence-electron chi connectivity index (χ3n) is 3.31. The minimum Gasteiger partial charge on any atom is -0.392 e. The average Bonchev–Trinajstić information content (AvgIpc) is 2.46. The molecule has 4 nitrogen and oxygen atoms in total. The van der Waals surface area contributed by atoms with E-state index in [1.807, 2.05) is 25.1 Å². The van der Waals surface area contributed by atoms with Crippen LogP contribution in [0.1, 0.15) is 16.7 Å². The van der Waals surface area contributed by atoms with Crippen molar-refractivity contribution in [3.63, 3.8) is 0 Å². The molecule has 0 saturated heterocycles. The molecule has 5 heteroatoms. The molecule has 21 heavy (non-hydrogen) atoms. The molecule has 0 aromatic heterocycles. The van der Waals surface area contributed by atoms with Crippen molar-refractivity contribution in [2.24, 2.45) is 0 Å². The first-order chi connectivity index (χ1) is 9.92. The average molecular weight is 305 g/mol. The van der Waals surface area contributed by atoms with Gasteiger partial charge >= 0.3 is 0 Å². The molecule has 0 aliphatic carbocycles. The Balaban J connectivity index is 2.25. The Morgan fingerprint density at radius 2 is 1.71 bits per heavy atom. The van der Waals surface area contributed by atoms with Crippen LogP contribution in [0.15, 0.2) is 48.5 Å². The normalized spacial score (nSPS) is 11.4. The number of hydrogen-bond acceptors (Lipinski definition) is 3. The highest BCUT2D eigenvalue weighted by molar-refractivity contribution is 7.92. The first-order valence-electron chi connectivity index (χ1n) is 6.64. The van der Waals surface area contributed by atoms with Gasteiger partial charge < -0.3 is 5.11 Å². The Hall–Kier alpha value is -1.85. The van der Waals surface area contributed by atoms with Gasteiger partial charge in [-0.3, -0.25) is 4.31 Å². The van der Waals surface area contributed by atoms with Crippen molar-refractivity contribution >= 4 is 15.7 Å². The van der Waals surface area contributed by atoms with Crippen LogP contribution >= 0.6 is 0 Å². The van der Waals surface area contributed by atoms with E-state index in [1.165, 1.54) is 4.31 Å². The number of aliphatic hydroxyl groups excluding tert-OH is 1. The highest BCUT2D eigenvalue weighted by Gasteiger charge is 2.19. The molecule has 0 heterocycles. The Bertz CT molecular complexity index is 726. The standard InChI is InChI=1S/C16H19NO3S/c1-13-5-3-8-16(9-13)17(2)21(19,20)12-15-7-4-6-14(10-15)11-18/h3-10,18H,11-12H2,1-2H3. The summed E-state index contributed by atoms with van der Waals surface area (Å²) in [6.45, 7) is 1.83. The fourth-order valence-corrected chi connectivity index (χ4v) is 3.34. The van der Waals surface area contributed by atoms with Crippen molar-refractivity contribution in [3.05, 3.63) is 65.2 Å². The Kier molecular flexibility index (Phi) is 4.65. The molecule has 0 aliphatic heterocycles. The molecule has 2 rings (SSSR count). The fourth-order valence-electron chi connectivity index (χ4n) is 2.11. The van der Waals surface area contributed by atoms with Crippen molar-refractivity contribution in [3.8, 4) is 0 Å². The number of benzene rings is 2. The SMILES string of the molecule is Cc1cccc(N(C)S(=O)(=O)Cc2cccc(CO)c2)c1. The Labute approximate surface area is 125 Å². The quantitative estimate of drug-likeness (QED) is 0.923. The number of nitrogens with zero attached hydrogens (tertiary/aromatic N) is 1. The second-order valence-corrected chi connectivity index (χ2v) is 7.04. The molecule has 2 aromatic carbocycles. The van der Waals surface area contributed by atoms with E-state index in [0.29, 0.717) is 16.8 Å². The molecule has 0 spiro atoms. The van der Waals surface area contributed by atoms with Gasteiger partial charge in [-0.25, -0.2) is 8.42 Å². The van der Waals surface area contributed by atoms with Crippen LogP contribution in [0.5, 0.6) is 0 Å². The first-order valence-corrected chi connectivity index (χ1v) is 8.25. The minimum absolute atomic E-state index is 0.0920. The van der Waals surface area contributed by atoms with Crippen molar-refractivity contribution in [1.82, 2.24) is 0 Å². The number of hydrogen-bond donors (Lipinski definition) is 1. The molecular weight excluding hydrogens is 286 g/mol. The molecule has 0 saturated carbocycles. The van der Waals surface area contributed by atoms with Gasteiger partial charge in [0.25, 0.3) is 0 Å². The summed E-state index contributed by atoms with van der Waals surface area (Å²) in [6, 6.07) is 14.3. The van der Waals surface area contributed by atoms with Crippen LogP contribution in [-0.2, 0) is 22.4 Å². The van der Waals surface area contributed by atoms with E-state index in [1.54, 1.807) is 37.4 Å². The molecule has 0 bridgehead atoms. The molecule has 0 unspecified atom stereocenters. The van der Waals surface area contributed by atoms with Gasteiger partial charge in [0, 0.05) is 7.05 Å². The van der Waals surface area contributed by atoms with Crippen molar-refractivity contribution in [2.45, 2.75) is 19.3 Å². The van der Waals surface area contributed by atoms with Gasteiger partial charge in [0.1, 0.15) is 0 Å². The predicted molar refractivity (Wildman–Crippen MR) is 84.6 cm³/mol. The molecule has 0 aliphatic rings. The van der Waals surface area contributed by atoms with E-state index < -0.39 is 10.0 Å². The third kappa shape index (κ3) is 3.83. The summed E-state index contributed by atoms with van der Waals surface area (Å²) >= 11 is 0. The molecule has 0 atom stereocenters. The molecular formula is C16H19NO3S. The van der Waals surface area contributed by atoms with Crippen LogP contribution in [-0.4, -0.2) is 20.6 Å². The van der Waals surface area contributed by atoms with Crippen LogP contribution in [0.4, 0.5) is 5.69 Å². The van der Waals surface area contributed by atoms with Gasteiger partial charge in [-0.2, -0.15) is 0 Å². The second-order valence-electron chi connectivity index (χ2n) is 5.04. The largest absolute Gasteiger partial charge is 0.392 e. The lowest BCUT2D eigenvalue weighted by molar-refractivity contribution is 0.282. The zero-order valence-corrected chi connectivity index (χ0v) is 13.0. The zero-order valence-electron chi connectivity index (χ0n) is 12.2. The number of sulfonamides is 1. The van der Waals surface area contributed by atoms with Crippen LogP contribution in [0.25, 0.3) is 0 Å². The summed E-state index contributed by atoms with van der Waals surface area (Å²) in [5, 5.41) is 9.12. The number of anilines is 1. The summed E-state index contributed by atoms with van der Waals surface area (Å²) in [5.41, 5.74) is 3.03. The maximum atomic E-state index is 12.5. The number of rotatable bonds is 5. The molecule has 112 valence electrons. The fraction of sp³-hybridized carbons (Fsp3) is 0.250. The smallest absolute Gasteiger partial charge is 0.239 e. The number of aryl methyl sites for hydroxylation is 1. The van der Waals surface area contributed by atoms with Crippen LogP contribution < -0.4 is 4.31 Å². The lowest BCUT2D eigenvalue weighted by Crippen LogP contribution is -2.27. The van der Waals surface area contributed by atoms with E-state index in [2.05, 4.69) is 0 Å². The monoisotopic (exact) mass is 305 g/mol. The first kappa shape index (κ1) is 15.5. The van der Waals surface area contributed by atoms with Gasteiger partial charge in [-0.15, -0.1) is 0 Å². The number of aliphatic hydroxyl groups is 1. The Morgan fingerprint density at radius 3 is 2.38 bits per heavy atom.